The fraction of sp³-hybridized carbons (Fsp3) is 0.0714. The number of nitrogens with zero attached hydrogens (tertiary/aromatic N) is 3. The first-order chi connectivity index (χ1) is 9.28. The molecule has 0 aliphatic carbocycles. The van der Waals surface area contributed by atoms with Gasteiger partial charge < -0.3 is 5.73 Å². The second-order valence-corrected chi connectivity index (χ2v) is 4.98. The standard InChI is InChI=1S/C14H11BrN4/c15-11-5-10-3-1-2-4-12(10)19-13(11)14-17-7-9(6-16)8-18-14/h1-5,7-8H,6,16H2. The predicted molar refractivity (Wildman–Crippen MR) is 78.4 cm³/mol. The minimum absolute atomic E-state index is 0.437. The lowest BCUT2D eigenvalue weighted by Gasteiger charge is -2.05. The summed E-state index contributed by atoms with van der Waals surface area (Å²) in [5.41, 5.74) is 8.10. The molecule has 2 N–H and O–H groups in total. The van der Waals surface area contributed by atoms with Crippen molar-refractivity contribution < 1.29 is 0 Å². The van der Waals surface area contributed by atoms with E-state index in [0.29, 0.717) is 12.4 Å². The van der Waals surface area contributed by atoms with Crippen LogP contribution in [0.2, 0.25) is 0 Å². The van der Waals surface area contributed by atoms with E-state index in [1.165, 1.54) is 0 Å². The number of para-hydroxylation sites is 1. The van der Waals surface area contributed by atoms with Gasteiger partial charge in [-0.15, -0.1) is 0 Å². The molecular weight excluding hydrogens is 304 g/mol. The van der Waals surface area contributed by atoms with Crippen molar-refractivity contribution in [3.63, 3.8) is 0 Å². The molecule has 0 unspecified atom stereocenters. The Morgan fingerprint density at radius 1 is 1.11 bits per heavy atom. The number of fused-ring (bicyclic) bond motifs is 1. The van der Waals surface area contributed by atoms with E-state index in [2.05, 4.69) is 30.9 Å². The Balaban J connectivity index is 2.15. The largest absolute Gasteiger partial charge is 0.326 e. The van der Waals surface area contributed by atoms with Crippen LogP contribution in [0.15, 0.2) is 47.2 Å². The zero-order valence-corrected chi connectivity index (χ0v) is 11.6. The van der Waals surface area contributed by atoms with Gasteiger partial charge in [-0.05, 0) is 28.1 Å². The van der Waals surface area contributed by atoms with Crippen molar-refractivity contribution in [1.82, 2.24) is 15.0 Å². The van der Waals surface area contributed by atoms with Crippen molar-refractivity contribution in [2.75, 3.05) is 0 Å². The molecule has 0 saturated carbocycles. The van der Waals surface area contributed by atoms with E-state index in [9.17, 15) is 0 Å². The smallest absolute Gasteiger partial charge is 0.179 e. The molecule has 0 aliphatic heterocycles. The lowest BCUT2D eigenvalue weighted by atomic mass is 10.2. The Morgan fingerprint density at radius 3 is 2.58 bits per heavy atom. The summed E-state index contributed by atoms with van der Waals surface area (Å²) in [4.78, 5) is 13.2. The molecule has 0 aliphatic rings. The summed E-state index contributed by atoms with van der Waals surface area (Å²) in [5.74, 6) is 0.592. The maximum Gasteiger partial charge on any atom is 0.179 e. The van der Waals surface area contributed by atoms with Gasteiger partial charge in [-0.25, -0.2) is 15.0 Å². The van der Waals surface area contributed by atoms with Crippen molar-refractivity contribution in [2.24, 2.45) is 5.73 Å². The third-order valence-corrected chi connectivity index (χ3v) is 3.43. The lowest BCUT2D eigenvalue weighted by Crippen LogP contribution is -2.00. The highest BCUT2D eigenvalue weighted by atomic mass is 79.9. The molecule has 0 radical (unpaired) electrons. The number of rotatable bonds is 2. The molecule has 5 heteroatoms. The number of benzene rings is 1. The zero-order chi connectivity index (χ0) is 13.2. The van der Waals surface area contributed by atoms with Crippen molar-refractivity contribution in [1.29, 1.82) is 0 Å². The number of pyridine rings is 1. The molecule has 1 aromatic carbocycles. The molecule has 94 valence electrons. The van der Waals surface area contributed by atoms with Gasteiger partial charge in [0.05, 0.1) is 5.52 Å². The van der Waals surface area contributed by atoms with Gasteiger partial charge in [0.15, 0.2) is 5.82 Å². The SMILES string of the molecule is NCc1cnc(-c2nc3ccccc3cc2Br)nc1. The highest BCUT2D eigenvalue weighted by Gasteiger charge is 2.09. The van der Waals surface area contributed by atoms with Gasteiger partial charge in [0.2, 0.25) is 0 Å². The molecule has 2 heterocycles. The zero-order valence-electron chi connectivity index (χ0n) is 10.0. The number of halogens is 1. The molecule has 0 bridgehead atoms. The Kier molecular flexibility index (Phi) is 3.23. The van der Waals surface area contributed by atoms with Gasteiger partial charge in [-0.1, -0.05) is 18.2 Å². The molecular formula is C14H11BrN4. The van der Waals surface area contributed by atoms with Crippen molar-refractivity contribution in [2.45, 2.75) is 6.54 Å². The highest BCUT2D eigenvalue weighted by Crippen LogP contribution is 2.27. The van der Waals surface area contributed by atoms with E-state index in [4.69, 9.17) is 5.73 Å². The van der Waals surface area contributed by atoms with Crippen molar-refractivity contribution >= 4 is 26.8 Å². The van der Waals surface area contributed by atoms with Crippen LogP contribution < -0.4 is 5.73 Å². The number of hydrogen-bond acceptors (Lipinski definition) is 4. The number of aromatic nitrogens is 3. The quantitative estimate of drug-likeness (QED) is 0.790. The van der Waals surface area contributed by atoms with Gasteiger partial charge in [0, 0.05) is 34.4 Å². The molecule has 0 spiro atoms. The van der Waals surface area contributed by atoms with E-state index in [1.54, 1.807) is 12.4 Å². The molecule has 0 atom stereocenters. The monoisotopic (exact) mass is 314 g/mol. The Morgan fingerprint density at radius 2 is 1.84 bits per heavy atom. The molecule has 0 saturated heterocycles. The highest BCUT2D eigenvalue weighted by molar-refractivity contribution is 9.10. The third kappa shape index (κ3) is 2.34. The second-order valence-electron chi connectivity index (χ2n) is 4.13. The van der Waals surface area contributed by atoms with E-state index in [-0.39, 0.29) is 0 Å². The van der Waals surface area contributed by atoms with Gasteiger partial charge >= 0.3 is 0 Å². The Labute approximate surface area is 118 Å². The lowest BCUT2D eigenvalue weighted by molar-refractivity contribution is 1.01. The van der Waals surface area contributed by atoms with Crippen LogP contribution in [0.4, 0.5) is 0 Å². The summed E-state index contributed by atoms with van der Waals surface area (Å²) >= 11 is 3.52. The first kappa shape index (κ1) is 12.2. The molecule has 2 aromatic heterocycles. The fourth-order valence-electron chi connectivity index (χ4n) is 1.83. The van der Waals surface area contributed by atoms with Crippen LogP contribution >= 0.6 is 15.9 Å². The van der Waals surface area contributed by atoms with E-state index in [0.717, 1.165) is 26.6 Å². The summed E-state index contributed by atoms with van der Waals surface area (Å²) < 4.78 is 0.881. The van der Waals surface area contributed by atoms with E-state index >= 15 is 0 Å². The predicted octanol–water partition coefficient (Wildman–Crippen LogP) is 2.91. The number of nitrogens with two attached hydrogens (primary N) is 1. The average Bonchev–Trinajstić information content (AvgIpc) is 2.47. The normalized spacial score (nSPS) is 10.8. The maximum atomic E-state index is 5.54. The molecule has 0 amide bonds. The average molecular weight is 315 g/mol. The third-order valence-electron chi connectivity index (χ3n) is 2.83. The minimum atomic E-state index is 0.437. The minimum Gasteiger partial charge on any atom is -0.326 e. The summed E-state index contributed by atoms with van der Waals surface area (Å²) in [6, 6.07) is 9.97. The van der Waals surface area contributed by atoms with Gasteiger partial charge in [-0.3, -0.25) is 0 Å². The molecule has 19 heavy (non-hydrogen) atoms. The van der Waals surface area contributed by atoms with Crippen LogP contribution in [0.1, 0.15) is 5.56 Å². The Hall–Kier alpha value is -1.85. The van der Waals surface area contributed by atoms with Crippen LogP contribution in [0.3, 0.4) is 0 Å². The van der Waals surface area contributed by atoms with Crippen LogP contribution in [-0.4, -0.2) is 15.0 Å². The maximum absolute atomic E-state index is 5.54. The summed E-state index contributed by atoms with van der Waals surface area (Å²) in [6.07, 6.45) is 3.46. The topological polar surface area (TPSA) is 64.7 Å². The summed E-state index contributed by atoms with van der Waals surface area (Å²) in [6.45, 7) is 0.437. The second kappa shape index (κ2) is 5.03. The number of hydrogen-bond donors (Lipinski definition) is 1. The van der Waals surface area contributed by atoms with Crippen LogP contribution in [0.25, 0.3) is 22.4 Å². The van der Waals surface area contributed by atoms with E-state index in [1.807, 2.05) is 30.3 Å². The molecule has 4 nitrogen and oxygen atoms in total. The first-order valence-corrected chi connectivity index (χ1v) is 6.64. The summed E-state index contributed by atoms with van der Waals surface area (Å²) in [7, 11) is 0. The molecule has 3 rings (SSSR count). The van der Waals surface area contributed by atoms with Crippen molar-refractivity contribution in [3.05, 3.63) is 52.8 Å². The first-order valence-electron chi connectivity index (χ1n) is 5.84. The van der Waals surface area contributed by atoms with E-state index < -0.39 is 0 Å². The summed E-state index contributed by atoms with van der Waals surface area (Å²) in [5, 5.41) is 1.08. The Bertz CT molecular complexity index is 725. The van der Waals surface area contributed by atoms with Crippen LogP contribution in [-0.2, 0) is 6.54 Å². The molecule has 3 aromatic rings. The van der Waals surface area contributed by atoms with Crippen LogP contribution in [0.5, 0.6) is 0 Å². The van der Waals surface area contributed by atoms with Crippen molar-refractivity contribution in [3.8, 4) is 11.5 Å². The molecule has 0 fully saturated rings. The van der Waals surface area contributed by atoms with Gasteiger partial charge in [-0.2, -0.15) is 0 Å². The van der Waals surface area contributed by atoms with Crippen LogP contribution in [0, 0.1) is 0 Å². The fourth-order valence-corrected chi connectivity index (χ4v) is 2.34. The van der Waals surface area contributed by atoms with Gasteiger partial charge in [0.25, 0.3) is 0 Å². The van der Waals surface area contributed by atoms with Gasteiger partial charge in [0.1, 0.15) is 5.69 Å².